The minimum atomic E-state index is -4.50. The van der Waals surface area contributed by atoms with Crippen LogP contribution in [0.25, 0.3) is 0 Å². The number of anilines is 1. The highest BCUT2D eigenvalue weighted by Gasteiger charge is 2.32. The number of nitriles is 1. The summed E-state index contributed by atoms with van der Waals surface area (Å²) in [5, 5.41) is 10.4. The van der Waals surface area contributed by atoms with Crippen LogP contribution in [0.4, 0.5) is 18.9 Å². The smallest absolute Gasteiger partial charge is 0.324 e. The summed E-state index contributed by atoms with van der Waals surface area (Å²) in [4.78, 5) is 14.1. The fraction of sp³-hybridized carbons (Fsp3) is 0.222. The highest BCUT2D eigenvalue weighted by atomic mass is 19.4. The van der Waals surface area contributed by atoms with E-state index in [4.69, 9.17) is 5.26 Å². The molecule has 0 bridgehead atoms. The number of nitrogens with one attached hydrogen (secondary N) is 1. The summed E-state index contributed by atoms with van der Waals surface area (Å²) in [7, 11) is 0. The van der Waals surface area contributed by atoms with Crippen LogP contribution in [0, 0.1) is 11.3 Å². The molecule has 1 heterocycles. The first-order valence-electron chi connectivity index (χ1n) is 4.13. The van der Waals surface area contributed by atoms with Crippen molar-refractivity contribution in [1.82, 2.24) is 4.98 Å². The van der Waals surface area contributed by atoms with Crippen LogP contribution < -0.4 is 5.32 Å². The van der Waals surface area contributed by atoms with Gasteiger partial charge in [0.1, 0.15) is 12.1 Å². The van der Waals surface area contributed by atoms with Crippen molar-refractivity contribution >= 4 is 11.6 Å². The Labute approximate surface area is 88.7 Å². The van der Waals surface area contributed by atoms with E-state index in [0.717, 1.165) is 18.3 Å². The lowest BCUT2D eigenvalue weighted by molar-refractivity contribution is -0.141. The molecular formula is C9H6F3N3O. The zero-order valence-electron chi connectivity index (χ0n) is 7.88. The largest absolute Gasteiger partial charge is 0.433 e. The van der Waals surface area contributed by atoms with Gasteiger partial charge in [-0.15, -0.1) is 0 Å². The van der Waals surface area contributed by atoms with Crippen LogP contribution >= 0.6 is 0 Å². The average Bonchev–Trinajstić information content (AvgIpc) is 2.17. The maximum atomic E-state index is 12.1. The minimum absolute atomic E-state index is 0.119. The summed E-state index contributed by atoms with van der Waals surface area (Å²) in [5.74, 6) is -0.593. The van der Waals surface area contributed by atoms with Crippen LogP contribution in [0.2, 0.25) is 0 Å². The molecule has 0 aliphatic heterocycles. The van der Waals surface area contributed by atoms with E-state index < -0.39 is 17.8 Å². The standard InChI is InChI=1S/C9H6F3N3O/c10-9(11,12)7-2-1-6(5-14-7)15-8(16)3-4-13/h1-2,5H,3H2,(H,15,16). The van der Waals surface area contributed by atoms with Crippen LogP contribution in [-0.4, -0.2) is 10.9 Å². The van der Waals surface area contributed by atoms with Crippen LogP contribution in [0.5, 0.6) is 0 Å². The van der Waals surface area contributed by atoms with Crippen LogP contribution in [0.1, 0.15) is 12.1 Å². The number of amides is 1. The van der Waals surface area contributed by atoms with Gasteiger partial charge in [0.25, 0.3) is 0 Å². The van der Waals surface area contributed by atoms with Crippen molar-refractivity contribution in [3.63, 3.8) is 0 Å². The Morgan fingerprint density at radius 3 is 2.62 bits per heavy atom. The number of rotatable bonds is 2. The Balaban J connectivity index is 2.73. The molecule has 0 radical (unpaired) electrons. The number of hydrogen-bond acceptors (Lipinski definition) is 3. The van der Waals surface area contributed by atoms with E-state index in [1.807, 2.05) is 0 Å². The van der Waals surface area contributed by atoms with Crippen molar-refractivity contribution < 1.29 is 18.0 Å². The SMILES string of the molecule is N#CCC(=O)Nc1ccc(C(F)(F)F)nc1. The van der Waals surface area contributed by atoms with E-state index in [2.05, 4.69) is 10.3 Å². The van der Waals surface area contributed by atoms with Gasteiger partial charge in [0, 0.05) is 0 Å². The number of carbonyl (C=O) groups excluding carboxylic acids is 1. The summed E-state index contributed by atoms with van der Waals surface area (Å²) in [6, 6.07) is 3.44. The molecule has 0 saturated carbocycles. The Morgan fingerprint density at radius 2 is 2.19 bits per heavy atom. The molecule has 1 amide bonds. The molecular weight excluding hydrogens is 223 g/mol. The van der Waals surface area contributed by atoms with Gasteiger partial charge in [0.2, 0.25) is 5.91 Å². The van der Waals surface area contributed by atoms with Crippen LogP contribution in [-0.2, 0) is 11.0 Å². The average molecular weight is 229 g/mol. The van der Waals surface area contributed by atoms with E-state index in [9.17, 15) is 18.0 Å². The fourth-order valence-corrected chi connectivity index (χ4v) is 0.912. The summed E-state index contributed by atoms with van der Waals surface area (Å²) in [6.07, 6.45) is -3.98. The normalized spacial score (nSPS) is 10.6. The van der Waals surface area contributed by atoms with Crippen molar-refractivity contribution in [3.8, 4) is 6.07 Å². The summed E-state index contributed by atoms with van der Waals surface area (Å²) in [5.41, 5.74) is -0.918. The number of alkyl halides is 3. The van der Waals surface area contributed by atoms with Gasteiger partial charge < -0.3 is 5.32 Å². The molecule has 0 unspecified atom stereocenters. The summed E-state index contributed by atoms with van der Waals surface area (Å²) in [6.45, 7) is 0. The van der Waals surface area contributed by atoms with Crippen molar-refractivity contribution in [3.05, 3.63) is 24.0 Å². The van der Waals surface area contributed by atoms with Gasteiger partial charge in [-0.3, -0.25) is 4.79 Å². The maximum absolute atomic E-state index is 12.1. The third-order valence-corrected chi connectivity index (χ3v) is 1.58. The van der Waals surface area contributed by atoms with Crippen molar-refractivity contribution in [1.29, 1.82) is 5.26 Å². The van der Waals surface area contributed by atoms with Crippen molar-refractivity contribution in [2.75, 3.05) is 5.32 Å². The molecule has 0 aliphatic rings. The highest BCUT2D eigenvalue weighted by Crippen LogP contribution is 2.27. The quantitative estimate of drug-likeness (QED) is 0.842. The molecule has 7 heteroatoms. The third kappa shape index (κ3) is 3.24. The monoisotopic (exact) mass is 229 g/mol. The zero-order valence-corrected chi connectivity index (χ0v) is 7.88. The summed E-state index contributed by atoms with van der Waals surface area (Å²) >= 11 is 0. The molecule has 0 saturated heterocycles. The fourth-order valence-electron chi connectivity index (χ4n) is 0.912. The van der Waals surface area contributed by atoms with Gasteiger partial charge in [-0.05, 0) is 12.1 Å². The summed E-state index contributed by atoms with van der Waals surface area (Å²) < 4.78 is 36.3. The van der Waals surface area contributed by atoms with Gasteiger partial charge in [-0.2, -0.15) is 18.4 Å². The lowest BCUT2D eigenvalue weighted by atomic mass is 10.3. The van der Waals surface area contributed by atoms with Gasteiger partial charge in [-0.1, -0.05) is 0 Å². The number of aromatic nitrogens is 1. The predicted octanol–water partition coefficient (Wildman–Crippen LogP) is 1.95. The first kappa shape index (κ1) is 12.0. The number of carbonyl (C=O) groups is 1. The Morgan fingerprint density at radius 1 is 1.50 bits per heavy atom. The minimum Gasteiger partial charge on any atom is -0.324 e. The lowest BCUT2D eigenvalue weighted by Crippen LogP contribution is -2.12. The Bertz CT molecular complexity index is 419. The molecule has 0 fully saturated rings. The van der Waals surface area contributed by atoms with E-state index in [1.165, 1.54) is 0 Å². The number of halogens is 3. The second kappa shape index (κ2) is 4.61. The topological polar surface area (TPSA) is 65.8 Å². The molecule has 4 nitrogen and oxygen atoms in total. The molecule has 0 aliphatic carbocycles. The molecule has 84 valence electrons. The molecule has 0 spiro atoms. The second-order valence-corrected chi connectivity index (χ2v) is 2.81. The molecule has 1 aromatic heterocycles. The maximum Gasteiger partial charge on any atom is 0.433 e. The van der Waals surface area contributed by atoms with E-state index in [1.54, 1.807) is 6.07 Å². The van der Waals surface area contributed by atoms with Crippen molar-refractivity contribution in [2.24, 2.45) is 0 Å². The molecule has 1 rings (SSSR count). The molecule has 1 N–H and O–H groups in total. The molecule has 16 heavy (non-hydrogen) atoms. The second-order valence-electron chi connectivity index (χ2n) is 2.81. The number of pyridine rings is 1. The molecule has 1 aromatic rings. The lowest BCUT2D eigenvalue weighted by Gasteiger charge is -2.06. The van der Waals surface area contributed by atoms with E-state index >= 15 is 0 Å². The van der Waals surface area contributed by atoms with Gasteiger partial charge in [0.05, 0.1) is 18.0 Å². The van der Waals surface area contributed by atoms with E-state index in [-0.39, 0.29) is 12.1 Å². The molecule has 0 aromatic carbocycles. The third-order valence-electron chi connectivity index (χ3n) is 1.58. The first-order chi connectivity index (χ1) is 7.43. The molecule has 0 atom stereocenters. The number of nitrogens with zero attached hydrogens (tertiary/aromatic N) is 2. The van der Waals surface area contributed by atoms with E-state index in [0.29, 0.717) is 0 Å². The predicted molar refractivity (Wildman–Crippen MR) is 48.1 cm³/mol. The van der Waals surface area contributed by atoms with Crippen LogP contribution in [0.3, 0.4) is 0 Å². The van der Waals surface area contributed by atoms with Gasteiger partial charge in [0.15, 0.2) is 0 Å². The highest BCUT2D eigenvalue weighted by molar-refractivity contribution is 5.91. The zero-order chi connectivity index (χ0) is 12.2. The number of hydrogen-bond donors (Lipinski definition) is 1. The van der Waals surface area contributed by atoms with Crippen LogP contribution in [0.15, 0.2) is 18.3 Å². The van der Waals surface area contributed by atoms with Gasteiger partial charge >= 0.3 is 6.18 Å². The van der Waals surface area contributed by atoms with Crippen molar-refractivity contribution in [2.45, 2.75) is 12.6 Å². The Kier molecular flexibility index (Phi) is 3.45. The Hall–Kier alpha value is -2.10. The first-order valence-corrected chi connectivity index (χ1v) is 4.13. The van der Waals surface area contributed by atoms with Gasteiger partial charge in [-0.25, -0.2) is 4.98 Å².